The van der Waals surface area contributed by atoms with Gasteiger partial charge in [-0.25, -0.2) is 0 Å². The maximum atomic E-state index is 8.75. The summed E-state index contributed by atoms with van der Waals surface area (Å²) in [5, 5.41) is 8.75. The number of aliphatic hydroxyl groups excluding tert-OH is 1. The first-order valence-electron chi connectivity index (χ1n) is 7.72. The van der Waals surface area contributed by atoms with E-state index < -0.39 is 0 Å². The fourth-order valence-electron chi connectivity index (χ4n) is 3.13. The van der Waals surface area contributed by atoms with Crippen LogP contribution in [-0.2, 0) is 0 Å². The van der Waals surface area contributed by atoms with E-state index in [-0.39, 0.29) is 0 Å². The quantitative estimate of drug-likeness (QED) is 0.655. The number of unbranched alkanes of at least 4 members (excludes halogenated alkanes) is 2. The molecule has 3 heteroatoms. The fourth-order valence-corrected chi connectivity index (χ4v) is 3.13. The summed E-state index contributed by atoms with van der Waals surface area (Å²) in [5.41, 5.74) is 6.26. The molecular weight excluding hydrogens is 224 g/mol. The molecule has 0 bridgehead atoms. The Hall–Kier alpha value is -0.120. The third kappa shape index (κ3) is 5.68. The molecule has 0 aromatic heterocycles. The van der Waals surface area contributed by atoms with Crippen LogP contribution in [0.25, 0.3) is 0 Å². The van der Waals surface area contributed by atoms with Gasteiger partial charge in [0, 0.05) is 19.2 Å². The molecule has 0 aromatic carbocycles. The molecule has 3 nitrogen and oxygen atoms in total. The SMILES string of the molecule is CCC1CCC(N)C(CN(C)CCCCCO)C1. The smallest absolute Gasteiger partial charge is 0.0431 e. The molecular formula is C15H32N2O. The van der Waals surface area contributed by atoms with Crippen LogP contribution in [0.2, 0.25) is 0 Å². The maximum absolute atomic E-state index is 8.75. The molecule has 0 aliphatic heterocycles. The van der Waals surface area contributed by atoms with Gasteiger partial charge in [-0.15, -0.1) is 0 Å². The standard InChI is InChI=1S/C15H32N2O/c1-3-13-7-8-15(16)14(11-13)12-17(2)9-5-4-6-10-18/h13-15,18H,3-12,16H2,1-2H3. The zero-order valence-electron chi connectivity index (χ0n) is 12.3. The third-order valence-electron chi connectivity index (χ3n) is 4.47. The Balaban J connectivity index is 2.22. The average molecular weight is 256 g/mol. The van der Waals surface area contributed by atoms with Crippen molar-refractivity contribution in [2.45, 2.75) is 57.9 Å². The third-order valence-corrected chi connectivity index (χ3v) is 4.47. The van der Waals surface area contributed by atoms with Crippen LogP contribution in [0, 0.1) is 11.8 Å². The highest BCUT2D eigenvalue weighted by atomic mass is 16.2. The Morgan fingerprint density at radius 3 is 2.67 bits per heavy atom. The first-order valence-corrected chi connectivity index (χ1v) is 7.72. The monoisotopic (exact) mass is 256 g/mol. The largest absolute Gasteiger partial charge is 0.396 e. The molecule has 1 rings (SSSR count). The van der Waals surface area contributed by atoms with Gasteiger partial charge >= 0.3 is 0 Å². The molecule has 3 N–H and O–H groups in total. The molecule has 0 heterocycles. The first kappa shape index (κ1) is 15.9. The van der Waals surface area contributed by atoms with Crippen LogP contribution in [-0.4, -0.2) is 42.8 Å². The van der Waals surface area contributed by atoms with Gasteiger partial charge in [0.15, 0.2) is 0 Å². The zero-order valence-corrected chi connectivity index (χ0v) is 12.3. The topological polar surface area (TPSA) is 49.5 Å². The summed E-state index contributed by atoms with van der Waals surface area (Å²) in [6.45, 7) is 4.92. The average Bonchev–Trinajstić information content (AvgIpc) is 2.37. The van der Waals surface area contributed by atoms with Gasteiger partial charge in [-0.05, 0) is 64.0 Å². The summed E-state index contributed by atoms with van der Waals surface area (Å²) in [5.74, 6) is 1.59. The summed E-state index contributed by atoms with van der Waals surface area (Å²) in [6.07, 6.45) is 8.43. The maximum Gasteiger partial charge on any atom is 0.0431 e. The number of hydrogen-bond donors (Lipinski definition) is 2. The van der Waals surface area contributed by atoms with Gasteiger partial charge < -0.3 is 15.7 Å². The molecule has 0 radical (unpaired) electrons. The fraction of sp³-hybridized carbons (Fsp3) is 1.00. The van der Waals surface area contributed by atoms with Crippen LogP contribution in [0.5, 0.6) is 0 Å². The minimum atomic E-state index is 0.329. The van der Waals surface area contributed by atoms with Gasteiger partial charge in [-0.1, -0.05) is 13.3 Å². The van der Waals surface area contributed by atoms with E-state index >= 15 is 0 Å². The molecule has 0 amide bonds. The second kappa shape index (κ2) is 8.89. The molecule has 0 saturated heterocycles. The van der Waals surface area contributed by atoms with Crippen molar-refractivity contribution in [2.75, 3.05) is 26.7 Å². The van der Waals surface area contributed by atoms with Crippen LogP contribution in [0.1, 0.15) is 51.9 Å². The van der Waals surface area contributed by atoms with Gasteiger partial charge in [0.2, 0.25) is 0 Å². The molecule has 1 aliphatic carbocycles. The number of rotatable bonds is 8. The van der Waals surface area contributed by atoms with E-state index in [2.05, 4.69) is 18.9 Å². The molecule has 0 aromatic rings. The van der Waals surface area contributed by atoms with Crippen molar-refractivity contribution in [1.82, 2.24) is 4.90 Å². The van der Waals surface area contributed by atoms with Gasteiger partial charge in [0.05, 0.1) is 0 Å². The number of nitrogens with zero attached hydrogens (tertiary/aromatic N) is 1. The Morgan fingerprint density at radius 2 is 2.00 bits per heavy atom. The van der Waals surface area contributed by atoms with E-state index in [0.29, 0.717) is 18.6 Å². The number of nitrogens with two attached hydrogens (primary N) is 1. The van der Waals surface area contributed by atoms with E-state index in [1.165, 1.54) is 32.1 Å². The van der Waals surface area contributed by atoms with Crippen molar-refractivity contribution in [2.24, 2.45) is 17.6 Å². The van der Waals surface area contributed by atoms with Crippen molar-refractivity contribution in [3.05, 3.63) is 0 Å². The van der Waals surface area contributed by atoms with Crippen LogP contribution in [0.3, 0.4) is 0 Å². The van der Waals surface area contributed by atoms with Gasteiger partial charge in [0.1, 0.15) is 0 Å². The minimum Gasteiger partial charge on any atom is -0.396 e. The van der Waals surface area contributed by atoms with Gasteiger partial charge in [-0.3, -0.25) is 0 Å². The summed E-state index contributed by atoms with van der Waals surface area (Å²) in [7, 11) is 2.21. The van der Waals surface area contributed by atoms with E-state index in [1.54, 1.807) is 0 Å². The Kier molecular flexibility index (Phi) is 7.87. The lowest BCUT2D eigenvalue weighted by atomic mass is 9.77. The lowest BCUT2D eigenvalue weighted by molar-refractivity contribution is 0.169. The van der Waals surface area contributed by atoms with Crippen LogP contribution in [0.4, 0.5) is 0 Å². The van der Waals surface area contributed by atoms with E-state index in [4.69, 9.17) is 10.8 Å². The number of aliphatic hydroxyl groups is 1. The molecule has 18 heavy (non-hydrogen) atoms. The minimum absolute atomic E-state index is 0.329. The van der Waals surface area contributed by atoms with Crippen LogP contribution < -0.4 is 5.73 Å². The Morgan fingerprint density at radius 1 is 1.22 bits per heavy atom. The van der Waals surface area contributed by atoms with Crippen molar-refractivity contribution in [1.29, 1.82) is 0 Å². The normalized spacial score (nSPS) is 28.8. The second-order valence-electron chi connectivity index (χ2n) is 6.06. The van der Waals surface area contributed by atoms with Crippen molar-refractivity contribution >= 4 is 0 Å². The van der Waals surface area contributed by atoms with Crippen LogP contribution in [0.15, 0.2) is 0 Å². The zero-order chi connectivity index (χ0) is 13.4. The predicted molar refractivity (Wildman–Crippen MR) is 77.5 cm³/mol. The molecule has 1 fully saturated rings. The molecule has 1 aliphatic rings. The van der Waals surface area contributed by atoms with Crippen molar-refractivity contribution < 1.29 is 5.11 Å². The molecule has 3 unspecified atom stereocenters. The number of hydrogen-bond acceptors (Lipinski definition) is 3. The van der Waals surface area contributed by atoms with Gasteiger partial charge in [0.25, 0.3) is 0 Å². The van der Waals surface area contributed by atoms with Crippen LogP contribution >= 0.6 is 0 Å². The van der Waals surface area contributed by atoms with E-state index in [9.17, 15) is 0 Å². The summed E-state index contributed by atoms with van der Waals surface area (Å²) in [6, 6.07) is 0.410. The van der Waals surface area contributed by atoms with E-state index in [1.807, 2.05) is 0 Å². The lowest BCUT2D eigenvalue weighted by Gasteiger charge is -2.36. The summed E-state index contributed by atoms with van der Waals surface area (Å²) in [4.78, 5) is 2.43. The second-order valence-corrected chi connectivity index (χ2v) is 6.06. The van der Waals surface area contributed by atoms with E-state index in [0.717, 1.165) is 31.8 Å². The summed E-state index contributed by atoms with van der Waals surface area (Å²) < 4.78 is 0. The highest BCUT2D eigenvalue weighted by Crippen LogP contribution is 2.30. The Labute approximate surface area is 113 Å². The predicted octanol–water partition coefficient (Wildman–Crippen LogP) is 2.23. The molecule has 108 valence electrons. The van der Waals surface area contributed by atoms with Crippen molar-refractivity contribution in [3.8, 4) is 0 Å². The van der Waals surface area contributed by atoms with Crippen molar-refractivity contribution in [3.63, 3.8) is 0 Å². The molecule has 0 spiro atoms. The van der Waals surface area contributed by atoms with Gasteiger partial charge in [-0.2, -0.15) is 0 Å². The summed E-state index contributed by atoms with van der Waals surface area (Å²) >= 11 is 0. The molecule has 1 saturated carbocycles. The molecule has 3 atom stereocenters. The first-order chi connectivity index (χ1) is 8.67. The highest BCUT2D eigenvalue weighted by Gasteiger charge is 2.27. The lowest BCUT2D eigenvalue weighted by Crippen LogP contribution is -2.42. The Bertz CT molecular complexity index is 211. The highest BCUT2D eigenvalue weighted by molar-refractivity contribution is 4.83.